The van der Waals surface area contributed by atoms with Gasteiger partial charge in [0.2, 0.25) is 11.8 Å². The largest absolute Gasteiger partial charge is 0.352 e. The highest BCUT2D eigenvalue weighted by atomic mass is 35.5. The molecule has 0 saturated heterocycles. The lowest BCUT2D eigenvalue weighted by Crippen LogP contribution is -2.53. The zero-order chi connectivity index (χ0) is 27.6. The molecular formula is C31H33Cl2FN2O2S. The van der Waals surface area contributed by atoms with Gasteiger partial charge in [0.15, 0.2) is 0 Å². The van der Waals surface area contributed by atoms with Crippen LogP contribution in [0.5, 0.6) is 0 Å². The molecule has 8 heteroatoms. The van der Waals surface area contributed by atoms with Gasteiger partial charge >= 0.3 is 0 Å². The van der Waals surface area contributed by atoms with Crippen molar-refractivity contribution in [1.29, 1.82) is 0 Å². The maximum atomic E-state index is 14.3. The lowest BCUT2D eigenvalue weighted by atomic mass is 9.94. The summed E-state index contributed by atoms with van der Waals surface area (Å²) in [6, 6.07) is 21.0. The van der Waals surface area contributed by atoms with Gasteiger partial charge in [-0.3, -0.25) is 9.59 Å². The highest BCUT2D eigenvalue weighted by Crippen LogP contribution is 2.26. The lowest BCUT2D eigenvalue weighted by Gasteiger charge is -2.33. The number of nitrogens with zero attached hydrogens (tertiary/aromatic N) is 1. The zero-order valence-corrected chi connectivity index (χ0v) is 24.1. The zero-order valence-electron chi connectivity index (χ0n) is 21.8. The topological polar surface area (TPSA) is 49.4 Å². The van der Waals surface area contributed by atoms with Crippen molar-refractivity contribution in [2.24, 2.45) is 0 Å². The first-order chi connectivity index (χ1) is 18.9. The molecule has 1 aliphatic carbocycles. The van der Waals surface area contributed by atoms with E-state index in [-0.39, 0.29) is 35.9 Å². The van der Waals surface area contributed by atoms with Crippen molar-refractivity contribution in [3.8, 4) is 0 Å². The average Bonchev–Trinajstić information content (AvgIpc) is 2.94. The molecular weight excluding hydrogens is 554 g/mol. The molecule has 4 nitrogen and oxygen atoms in total. The van der Waals surface area contributed by atoms with Crippen LogP contribution in [0.25, 0.3) is 0 Å². The van der Waals surface area contributed by atoms with E-state index < -0.39 is 11.9 Å². The molecule has 0 aromatic heterocycles. The van der Waals surface area contributed by atoms with Crippen LogP contribution in [0.4, 0.5) is 4.39 Å². The van der Waals surface area contributed by atoms with Gasteiger partial charge in [0, 0.05) is 40.4 Å². The summed E-state index contributed by atoms with van der Waals surface area (Å²) in [5.74, 6) is -0.462. The average molecular weight is 588 g/mol. The van der Waals surface area contributed by atoms with Gasteiger partial charge in [0.1, 0.15) is 11.9 Å². The van der Waals surface area contributed by atoms with E-state index >= 15 is 0 Å². The van der Waals surface area contributed by atoms with E-state index in [1.807, 2.05) is 48.5 Å². The van der Waals surface area contributed by atoms with Crippen LogP contribution in [0, 0.1) is 5.82 Å². The molecule has 206 valence electrons. The third kappa shape index (κ3) is 8.47. The number of amides is 2. The van der Waals surface area contributed by atoms with E-state index in [1.54, 1.807) is 23.1 Å². The summed E-state index contributed by atoms with van der Waals surface area (Å²) >= 11 is 14.0. The Balaban J connectivity index is 1.59. The van der Waals surface area contributed by atoms with Gasteiger partial charge in [0.05, 0.1) is 5.75 Å². The third-order valence-electron chi connectivity index (χ3n) is 7.05. The molecule has 1 fully saturated rings. The molecule has 0 aliphatic heterocycles. The number of hydrogen-bond acceptors (Lipinski definition) is 3. The second kappa shape index (κ2) is 14.7. The Morgan fingerprint density at radius 1 is 0.923 bits per heavy atom. The molecule has 1 saturated carbocycles. The second-order valence-corrected chi connectivity index (χ2v) is 11.7. The third-order valence-corrected chi connectivity index (χ3v) is 8.72. The van der Waals surface area contributed by atoms with E-state index in [0.717, 1.165) is 36.8 Å². The number of hydrogen-bond donors (Lipinski definition) is 1. The lowest BCUT2D eigenvalue weighted by molar-refractivity contribution is -0.139. The van der Waals surface area contributed by atoms with Gasteiger partial charge in [-0.05, 0) is 42.2 Å². The van der Waals surface area contributed by atoms with Gasteiger partial charge in [-0.1, -0.05) is 97.1 Å². The normalized spacial score (nSPS) is 14.5. The molecule has 2 amide bonds. The number of thioether (sulfide) groups is 1. The van der Waals surface area contributed by atoms with E-state index in [0.29, 0.717) is 22.0 Å². The SMILES string of the molecule is O=C(NC1CCCCC1)[C@H](Cc1ccccc1)N(Cc1ccccc1Cl)C(=O)CSCc1c(F)cccc1Cl. The minimum atomic E-state index is -0.726. The smallest absolute Gasteiger partial charge is 0.243 e. The van der Waals surface area contributed by atoms with Crippen molar-refractivity contribution >= 4 is 46.8 Å². The Morgan fingerprint density at radius 2 is 1.62 bits per heavy atom. The van der Waals surface area contributed by atoms with Crippen molar-refractivity contribution < 1.29 is 14.0 Å². The molecule has 3 aromatic rings. The van der Waals surface area contributed by atoms with Crippen LogP contribution in [-0.4, -0.2) is 34.6 Å². The van der Waals surface area contributed by atoms with Crippen molar-refractivity contribution in [3.63, 3.8) is 0 Å². The first kappa shape index (κ1) is 29.4. The number of rotatable bonds is 11. The molecule has 0 unspecified atom stereocenters. The monoisotopic (exact) mass is 586 g/mol. The molecule has 0 radical (unpaired) electrons. The molecule has 3 aromatic carbocycles. The Morgan fingerprint density at radius 3 is 2.33 bits per heavy atom. The summed E-state index contributed by atoms with van der Waals surface area (Å²) in [6.45, 7) is 0.190. The number of carbonyl (C=O) groups excluding carboxylic acids is 2. The fourth-order valence-electron chi connectivity index (χ4n) is 4.90. The van der Waals surface area contributed by atoms with E-state index in [2.05, 4.69) is 5.32 Å². The molecule has 0 heterocycles. The predicted octanol–water partition coefficient (Wildman–Crippen LogP) is 7.45. The summed E-state index contributed by atoms with van der Waals surface area (Å²) in [4.78, 5) is 29.2. The van der Waals surface area contributed by atoms with Gasteiger partial charge in [-0.15, -0.1) is 11.8 Å². The van der Waals surface area contributed by atoms with Gasteiger partial charge in [-0.2, -0.15) is 0 Å². The van der Waals surface area contributed by atoms with Crippen molar-refractivity contribution in [3.05, 3.63) is 105 Å². The van der Waals surface area contributed by atoms with Crippen LogP contribution in [0.1, 0.15) is 48.8 Å². The fourth-order valence-corrected chi connectivity index (χ4v) is 6.35. The second-order valence-electron chi connectivity index (χ2n) is 9.86. The van der Waals surface area contributed by atoms with Crippen molar-refractivity contribution in [2.45, 2.75) is 62.9 Å². The molecule has 0 bridgehead atoms. The highest BCUT2D eigenvalue weighted by molar-refractivity contribution is 7.99. The Labute approximate surface area is 244 Å². The molecule has 0 spiro atoms. The van der Waals surface area contributed by atoms with Crippen LogP contribution in [-0.2, 0) is 28.3 Å². The maximum Gasteiger partial charge on any atom is 0.243 e. The van der Waals surface area contributed by atoms with Gasteiger partial charge in [-0.25, -0.2) is 4.39 Å². The van der Waals surface area contributed by atoms with Crippen molar-refractivity contribution in [1.82, 2.24) is 10.2 Å². The van der Waals surface area contributed by atoms with E-state index in [9.17, 15) is 14.0 Å². The van der Waals surface area contributed by atoms with Gasteiger partial charge < -0.3 is 10.2 Å². The van der Waals surface area contributed by atoms with Crippen LogP contribution in [0.3, 0.4) is 0 Å². The Hall–Kier alpha value is -2.54. The Kier molecular flexibility index (Phi) is 11.1. The Bertz CT molecular complexity index is 1230. The maximum absolute atomic E-state index is 14.3. The number of benzene rings is 3. The van der Waals surface area contributed by atoms with Crippen LogP contribution < -0.4 is 5.32 Å². The summed E-state index contributed by atoms with van der Waals surface area (Å²) < 4.78 is 14.3. The predicted molar refractivity (Wildman–Crippen MR) is 159 cm³/mol. The van der Waals surface area contributed by atoms with Gasteiger partial charge in [0.25, 0.3) is 0 Å². The fraction of sp³-hybridized carbons (Fsp3) is 0.355. The minimum Gasteiger partial charge on any atom is -0.352 e. The summed E-state index contributed by atoms with van der Waals surface area (Å²) in [5.41, 5.74) is 2.09. The standard InChI is InChI=1S/C31H33Cl2FN2O2S/c32-26-15-8-7-12-23(26)19-36(30(37)21-39-20-25-27(33)16-9-17-28(25)34)29(18-22-10-3-1-4-11-22)31(38)35-24-13-5-2-6-14-24/h1,3-4,7-12,15-17,24,29H,2,5-6,13-14,18-21H2,(H,35,38)/t29-/m0/s1. The van der Waals surface area contributed by atoms with Crippen LogP contribution >= 0.6 is 35.0 Å². The summed E-state index contributed by atoms with van der Waals surface area (Å²) in [6.07, 6.45) is 5.63. The molecule has 39 heavy (non-hydrogen) atoms. The molecule has 4 rings (SSSR count). The first-order valence-electron chi connectivity index (χ1n) is 13.3. The van der Waals surface area contributed by atoms with Crippen molar-refractivity contribution in [2.75, 3.05) is 5.75 Å². The highest BCUT2D eigenvalue weighted by Gasteiger charge is 2.32. The summed E-state index contributed by atoms with van der Waals surface area (Å²) in [5, 5.41) is 4.10. The minimum absolute atomic E-state index is 0.0666. The van der Waals surface area contributed by atoms with Crippen LogP contribution in [0.15, 0.2) is 72.8 Å². The van der Waals surface area contributed by atoms with Crippen LogP contribution in [0.2, 0.25) is 10.0 Å². The van der Waals surface area contributed by atoms with E-state index in [4.69, 9.17) is 23.2 Å². The number of nitrogens with one attached hydrogen (secondary N) is 1. The number of halogens is 3. The molecule has 1 atom stereocenters. The number of carbonyl (C=O) groups is 2. The first-order valence-corrected chi connectivity index (χ1v) is 15.2. The summed E-state index contributed by atoms with van der Waals surface area (Å²) in [7, 11) is 0. The van der Waals surface area contributed by atoms with E-state index in [1.165, 1.54) is 24.2 Å². The molecule has 1 N–H and O–H groups in total. The molecule has 1 aliphatic rings. The quantitative estimate of drug-likeness (QED) is 0.254.